The van der Waals surface area contributed by atoms with Crippen LogP contribution in [0.15, 0.2) is 35.7 Å². The molecule has 0 amide bonds. The summed E-state index contributed by atoms with van der Waals surface area (Å²) in [6, 6.07) is 8.47. The number of benzene rings is 1. The van der Waals surface area contributed by atoms with Crippen molar-refractivity contribution in [3.05, 3.63) is 46.4 Å². The second kappa shape index (κ2) is 4.99. The van der Waals surface area contributed by atoms with Crippen LogP contribution >= 0.6 is 11.3 Å². The molecule has 2 N–H and O–H groups in total. The number of thiophene rings is 1. The van der Waals surface area contributed by atoms with Gasteiger partial charge in [0.25, 0.3) is 0 Å². The van der Waals surface area contributed by atoms with Gasteiger partial charge in [-0.2, -0.15) is 0 Å². The van der Waals surface area contributed by atoms with Crippen LogP contribution in [-0.4, -0.2) is 6.61 Å². The smallest absolute Gasteiger partial charge is 0.167 e. The Morgan fingerprint density at radius 3 is 2.88 bits per heavy atom. The van der Waals surface area contributed by atoms with Crippen molar-refractivity contribution in [3.8, 4) is 5.75 Å². The van der Waals surface area contributed by atoms with E-state index in [1.807, 2.05) is 17.5 Å². The zero-order valence-corrected chi connectivity index (χ0v) is 9.47. The van der Waals surface area contributed by atoms with E-state index < -0.39 is 5.82 Å². The molecule has 0 unspecified atom stereocenters. The highest BCUT2D eigenvalue weighted by atomic mass is 32.1. The van der Waals surface area contributed by atoms with Crippen molar-refractivity contribution < 1.29 is 9.13 Å². The number of hydrogen-bond donors (Lipinski definition) is 1. The lowest BCUT2D eigenvalue weighted by Gasteiger charge is -2.06. The average molecular weight is 237 g/mol. The lowest BCUT2D eigenvalue weighted by atomic mass is 10.3. The monoisotopic (exact) mass is 237 g/mol. The highest BCUT2D eigenvalue weighted by Gasteiger charge is 2.03. The molecule has 1 aromatic heterocycles. The summed E-state index contributed by atoms with van der Waals surface area (Å²) in [5.41, 5.74) is 5.85. The van der Waals surface area contributed by atoms with E-state index in [4.69, 9.17) is 10.5 Å². The van der Waals surface area contributed by atoms with E-state index in [0.717, 1.165) is 6.42 Å². The molecule has 0 radical (unpaired) electrons. The van der Waals surface area contributed by atoms with Crippen LogP contribution in [0.4, 0.5) is 10.1 Å². The summed E-state index contributed by atoms with van der Waals surface area (Å²) in [6.07, 6.45) is 0.793. The number of ether oxygens (including phenoxy) is 1. The van der Waals surface area contributed by atoms with E-state index >= 15 is 0 Å². The van der Waals surface area contributed by atoms with E-state index in [1.165, 1.54) is 10.9 Å². The van der Waals surface area contributed by atoms with Gasteiger partial charge in [0.2, 0.25) is 0 Å². The van der Waals surface area contributed by atoms with E-state index in [0.29, 0.717) is 12.3 Å². The van der Waals surface area contributed by atoms with E-state index in [9.17, 15) is 4.39 Å². The predicted octanol–water partition coefficient (Wildman–Crippen LogP) is 3.09. The van der Waals surface area contributed by atoms with Crippen LogP contribution in [0.1, 0.15) is 4.88 Å². The molecule has 16 heavy (non-hydrogen) atoms. The van der Waals surface area contributed by atoms with Crippen molar-refractivity contribution in [3.63, 3.8) is 0 Å². The summed E-state index contributed by atoms with van der Waals surface area (Å²) in [5.74, 6) is -0.156. The highest BCUT2D eigenvalue weighted by molar-refractivity contribution is 7.09. The number of rotatable bonds is 4. The second-order valence-electron chi connectivity index (χ2n) is 3.37. The molecule has 0 atom stereocenters. The van der Waals surface area contributed by atoms with Crippen LogP contribution in [0, 0.1) is 5.82 Å². The number of hydrogen-bond acceptors (Lipinski definition) is 3. The molecule has 0 aliphatic heterocycles. The minimum absolute atomic E-state index is 0.255. The molecule has 0 saturated carbocycles. The molecule has 1 heterocycles. The normalized spacial score (nSPS) is 10.3. The van der Waals surface area contributed by atoms with E-state index in [1.54, 1.807) is 23.5 Å². The Morgan fingerprint density at radius 1 is 1.31 bits per heavy atom. The van der Waals surface area contributed by atoms with Gasteiger partial charge in [0, 0.05) is 23.1 Å². The lowest BCUT2D eigenvalue weighted by Crippen LogP contribution is -2.02. The van der Waals surface area contributed by atoms with E-state index in [-0.39, 0.29) is 5.75 Å². The molecular formula is C12H12FNOS. The van der Waals surface area contributed by atoms with Gasteiger partial charge in [-0.3, -0.25) is 0 Å². The first-order valence-corrected chi connectivity index (χ1v) is 5.84. The molecule has 84 valence electrons. The maximum atomic E-state index is 13.3. The summed E-state index contributed by atoms with van der Waals surface area (Å²) in [6.45, 7) is 0.474. The maximum Gasteiger partial charge on any atom is 0.167 e. The van der Waals surface area contributed by atoms with Gasteiger partial charge in [0.15, 0.2) is 11.6 Å². The van der Waals surface area contributed by atoms with Gasteiger partial charge >= 0.3 is 0 Å². The Balaban J connectivity index is 1.90. The lowest BCUT2D eigenvalue weighted by molar-refractivity contribution is 0.306. The first kappa shape index (κ1) is 11.0. The zero-order chi connectivity index (χ0) is 11.4. The quantitative estimate of drug-likeness (QED) is 0.829. The molecule has 0 saturated heterocycles. The van der Waals surface area contributed by atoms with Crippen molar-refractivity contribution in [2.24, 2.45) is 0 Å². The Bertz CT molecular complexity index is 456. The molecule has 0 aliphatic rings. The third-order valence-corrected chi connectivity index (χ3v) is 3.08. The van der Waals surface area contributed by atoms with Gasteiger partial charge in [-0.15, -0.1) is 11.3 Å². The van der Waals surface area contributed by atoms with Gasteiger partial charge in [0.1, 0.15) is 0 Å². The van der Waals surface area contributed by atoms with Crippen LogP contribution in [0.2, 0.25) is 0 Å². The van der Waals surface area contributed by atoms with Gasteiger partial charge in [0.05, 0.1) is 6.61 Å². The molecule has 2 nitrogen and oxygen atoms in total. The third kappa shape index (κ3) is 2.73. The second-order valence-corrected chi connectivity index (χ2v) is 4.40. The number of nitrogens with two attached hydrogens (primary N) is 1. The fourth-order valence-corrected chi connectivity index (χ4v) is 2.04. The van der Waals surface area contributed by atoms with Crippen LogP contribution < -0.4 is 10.5 Å². The third-order valence-electron chi connectivity index (χ3n) is 2.14. The largest absolute Gasteiger partial charge is 0.490 e. The fourth-order valence-electron chi connectivity index (χ4n) is 1.35. The summed E-state index contributed by atoms with van der Waals surface area (Å²) in [5, 5.41) is 2.01. The van der Waals surface area contributed by atoms with Gasteiger partial charge in [-0.1, -0.05) is 6.07 Å². The minimum Gasteiger partial charge on any atom is -0.490 e. The van der Waals surface area contributed by atoms with Gasteiger partial charge in [-0.25, -0.2) is 4.39 Å². The van der Waals surface area contributed by atoms with Crippen molar-refractivity contribution in [1.29, 1.82) is 0 Å². The summed E-state index contributed by atoms with van der Waals surface area (Å²) in [7, 11) is 0. The van der Waals surface area contributed by atoms with Gasteiger partial charge in [-0.05, 0) is 23.6 Å². The number of anilines is 1. The minimum atomic E-state index is -0.411. The highest BCUT2D eigenvalue weighted by Crippen LogP contribution is 2.19. The maximum absolute atomic E-state index is 13.3. The van der Waals surface area contributed by atoms with Crippen LogP contribution in [0.3, 0.4) is 0 Å². The summed E-state index contributed by atoms with van der Waals surface area (Å²) < 4.78 is 18.7. The number of halogens is 1. The van der Waals surface area contributed by atoms with Crippen molar-refractivity contribution in [1.82, 2.24) is 0 Å². The molecule has 2 rings (SSSR count). The first-order chi connectivity index (χ1) is 7.75. The first-order valence-electron chi connectivity index (χ1n) is 4.96. The Labute approximate surface area is 97.5 Å². The van der Waals surface area contributed by atoms with Crippen molar-refractivity contribution >= 4 is 17.0 Å². The SMILES string of the molecule is Nc1ccc(OCCc2cccs2)c(F)c1. The standard InChI is InChI=1S/C12H12FNOS/c13-11-8-9(14)3-4-12(11)15-6-5-10-2-1-7-16-10/h1-4,7-8H,5-6,14H2. The topological polar surface area (TPSA) is 35.2 Å². The Hall–Kier alpha value is -1.55. The molecule has 1 aromatic carbocycles. The predicted molar refractivity (Wildman–Crippen MR) is 64.3 cm³/mol. The van der Waals surface area contributed by atoms with E-state index in [2.05, 4.69) is 0 Å². The average Bonchev–Trinajstić information content (AvgIpc) is 2.74. The van der Waals surface area contributed by atoms with Crippen molar-refractivity contribution in [2.75, 3.05) is 12.3 Å². The molecule has 0 aliphatic carbocycles. The summed E-state index contributed by atoms with van der Waals surface area (Å²) in [4.78, 5) is 1.23. The van der Waals surface area contributed by atoms with Crippen molar-refractivity contribution in [2.45, 2.75) is 6.42 Å². The van der Waals surface area contributed by atoms with Gasteiger partial charge < -0.3 is 10.5 Å². The summed E-state index contributed by atoms with van der Waals surface area (Å²) >= 11 is 1.67. The molecule has 0 fully saturated rings. The molecular weight excluding hydrogens is 225 g/mol. The molecule has 0 spiro atoms. The van der Waals surface area contributed by atoms with Crippen LogP contribution in [0.25, 0.3) is 0 Å². The Kier molecular flexibility index (Phi) is 3.41. The Morgan fingerprint density at radius 2 is 2.19 bits per heavy atom. The fraction of sp³-hybridized carbons (Fsp3) is 0.167. The van der Waals surface area contributed by atoms with Crippen LogP contribution in [-0.2, 0) is 6.42 Å². The number of nitrogen functional groups attached to an aromatic ring is 1. The molecule has 0 bridgehead atoms. The molecule has 4 heteroatoms. The van der Waals surface area contributed by atoms with Crippen LogP contribution in [0.5, 0.6) is 5.75 Å². The molecule has 2 aromatic rings. The zero-order valence-electron chi connectivity index (χ0n) is 8.65.